The van der Waals surface area contributed by atoms with Gasteiger partial charge >= 0.3 is 0 Å². The van der Waals surface area contributed by atoms with E-state index < -0.39 is 0 Å². The minimum atomic E-state index is 0.173. The largest absolute Gasteiger partial charge is 0.376 e. The van der Waals surface area contributed by atoms with Gasteiger partial charge in [0.1, 0.15) is 0 Å². The van der Waals surface area contributed by atoms with Gasteiger partial charge in [-0.05, 0) is 43.9 Å². The van der Waals surface area contributed by atoms with E-state index in [4.69, 9.17) is 11.6 Å². The Morgan fingerprint density at radius 3 is 2.72 bits per heavy atom. The summed E-state index contributed by atoms with van der Waals surface area (Å²) in [6.07, 6.45) is 3.50. The molecule has 1 aromatic carbocycles. The third-order valence-corrected chi connectivity index (χ3v) is 3.73. The molecule has 0 atom stereocenters. The van der Waals surface area contributed by atoms with E-state index in [0.717, 1.165) is 42.2 Å². The second kappa shape index (κ2) is 6.10. The Hall–Kier alpha value is -1.22. The standard InChI is InChI=1S/C14H19ClN2O/c1-11-5-6-12(9-13(11)15)16-10-14(18)17-7-3-2-4-8-17/h5-6,9,16H,2-4,7-8,10H2,1H3. The van der Waals surface area contributed by atoms with E-state index >= 15 is 0 Å². The molecule has 0 spiro atoms. The Morgan fingerprint density at radius 1 is 1.33 bits per heavy atom. The van der Waals surface area contributed by atoms with E-state index in [9.17, 15) is 4.79 Å². The normalized spacial score (nSPS) is 15.6. The Morgan fingerprint density at radius 2 is 2.06 bits per heavy atom. The van der Waals surface area contributed by atoms with Gasteiger partial charge in [-0.25, -0.2) is 0 Å². The van der Waals surface area contributed by atoms with Crippen LogP contribution in [0.4, 0.5) is 5.69 Å². The molecule has 0 radical (unpaired) electrons. The van der Waals surface area contributed by atoms with Crippen molar-refractivity contribution in [2.24, 2.45) is 0 Å². The zero-order chi connectivity index (χ0) is 13.0. The average Bonchev–Trinajstić information content (AvgIpc) is 2.41. The predicted octanol–water partition coefficient (Wildman–Crippen LogP) is 3.07. The molecular formula is C14H19ClN2O. The first-order valence-corrected chi connectivity index (χ1v) is 6.82. The van der Waals surface area contributed by atoms with Crippen molar-refractivity contribution >= 4 is 23.2 Å². The van der Waals surface area contributed by atoms with Crippen LogP contribution in [0.5, 0.6) is 0 Å². The van der Waals surface area contributed by atoms with Crippen LogP contribution in [0.2, 0.25) is 5.02 Å². The number of piperidine rings is 1. The molecule has 4 heteroatoms. The lowest BCUT2D eigenvalue weighted by atomic mass is 10.1. The lowest BCUT2D eigenvalue weighted by Crippen LogP contribution is -2.39. The van der Waals surface area contributed by atoms with Crippen molar-refractivity contribution in [3.63, 3.8) is 0 Å². The van der Waals surface area contributed by atoms with Crippen molar-refractivity contribution in [3.05, 3.63) is 28.8 Å². The first-order chi connectivity index (χ1) is 8.66. The Balaban J connectivity index is 1.86. The Bertz CT molecular complexity index is 428. The fourth-order valence-corrected chi connectivity index (χ4v) is 2.32. The third-order valence-electron chi connectivity index (χ3n) is 3.32. The summed E-state index contributed by atoms with van der Waals surface area (Å²) in [6.45, 7) is 4.11. The summed E-state index contributed by atoms with van der Waals surface area (Å²) in [5.74, 6) is 0.173. The van der Waals surface area contributed by atoms with Crippen LogP contribution in [-0.2, 0) is 4.79 Å². The van der Waals surface area contributed by atoms with Crippen LogP contribution in [0, 0.1) is 6.92 Å². The summed E-state index contributed by atoms with van der Waals surface area (Å²) >= 11 is 6.04. The van der Waals surface area contributed by atoms with E-state index in [1.807, 2.05) is 30.0 Å². The van der Waals surface area contributed by atoms with E-state index in [0.29, 0.717) is 6.54 Å². The minimum Gasteiger partial charge on any atom is -0.376 e. The number of halogens is 1. The highest BCUT2D eigenvalue weighted by atomic mass is 35.5. The molecule has 0 bridgehead atoms. The van der Waals surface area contributed by atoms with Gasteiger partial charge in [-0.1, -0.05) is 17.7 Å². The zero-order valence-electron chi connectivity index (χ0n) is 10.7. The number of carbonyl (C=O) groups is 1. The number of hydrogen-bond acceptors (Lipinski definition) is 2. The number of amides is 1. The number of benzene rings is 1. The summed E-state index contributed by atoms with van der Waals surface area (Å²) in [6, 6.07) is 5.76. The van der Waals surface area contributed by atoms with Crippen LogP contribution in [0.15, 0.2) is 18.2 Å². The van der Waals surface area contributed by atoms with Gasteiger partial charge < -0.3 is 10.2 Å². The molecule has 1 amide bonds. The zero-order valence-corrected chi connectivity index (χ0v) is 11.5. The fraction of sp³-hybridized carbons (Fsp3) is 0.500. The summed E-state index contributed by atoms with van der Waals surface area (Å²) in [5, 5.41) is 3.86. The Kier molecular flexibility index (Phi) is 4.48. The molecule has 1 fully saturated rings. The number of rotatable bonds is 3. The molecule has 1 saturated heterocycles. The fourth-order valence-electron chi connectivity index (χ4n) is 2.14. The van der Waals surface area contributed by atoms with E-state index in [-0.39, 0.29) is 5.91 Å². The first-order valence-electron chi connectivity index (χ1n) is 6.44. The molecule has 3 nitrogen and oxygen atoms in total. The van der Waals surface area contributed by atoms with Crippen LogP contribution < -0.4 is 5.32 Å². The quantitative estimate of drug-likeness (QED) is 0.912. The van der Waals surface area contributed by atoms with E-state index in [2.05, 4.69) is 5.32 Å². The number of nitrogens with one attached hydrogen (secondary N) is 1. The number of carbonyl (C=O) groups excluding carboxylic acids is 1. The van der Waals surface area contributed by atoms with Crippen molar-refractivity contribution in [1.82, 2.24) is 4.90 Å². The highest BCUT2D eigenvalue weighted by Crippen LogP contribution is 2.19. The van der Waals surface area contributed by atoms with Crippen molar-refractivity contribution in [2.45, 2.75) is 26.2 Å². The molecule has 0 aromatic heterocycles. The van der Waals surface area contributed by atoms with Gasteiger partial charge in [0.05, 0.1) is 6.54 Å². The smallest absolute Gasteiger partial charge is 0.241 e. The van der Waals surface area contributed by atoms with Gasteiger partial charge in [0.25, 0.3) is 0 Å². The summed E-state index contributed by atoms with van der Waals surface area (Å²) in [4.78, 5) is 13.9. The highest BCUT2D eigenvalue weighted by molar-refractivity contribution is 6.31. The van der Waals surface area contributed by atoms with Crippen molar-refractivity contribution in [2.75, 3.05) is 25.0 Å². The van der Waals surface area contributed by atoms with Crippen LogP contribution in [0.3, 0.4) is 0 Å². The maximum absolute atomic E-state index is 12.0. The van der Waals surface area contributed by atoms with Crippen LogP contribution >= 0.6 is 11.6 Å². The molecule has 18 heavy (non-hydrogen) atoms. The molecule has 1 aliphatic heterocycles. The molecular weight excluding hydrogens is 248 g/mol. The Labute approximate surface area is 113 Å². The van der Waals surface area contributed by atoms with Gasteiger partial charge in [0, 0.05) is 23.8 Å². The second-order valence-electron chi connectivity index (χ2n) is 4.76. The molecule has 1 aliphatic rings. The second-order valence-corrected chi connectivity index (χ2v) is 5.17. The minimum absolute atomic E-state index is 0.173. The van der Waals surface area contributed by atoms with Crippen molar-refractivity contribution < 1.29 is 4.79 Å². The van der Waals surface area contributed by atoms with Gasteiger partial charge in [-0.2, -0.15) is 0 Å². The number of nitrogens with zero attached hydrogens (tertiary/aromatic N) is 1. The number of aryl methyl sites for hydroxylation is 1. The molecule has 1 aromatic rings. The third kappa shape index (κ3) is 3.39. The van der Waals surface area contributed by atoms with Gasteiger partial charge in [0.15, 0.2) is 0 Å². The molecule has 0 aliphatic carbocycles. The molecule has 1 heterocycles. The maximum atomic E-state index is 12.0. The lowest BCUT2D eigenvalue weighted by Gasteiger charge is -2.26. The summed E-state index contributed by atoms with van der Waals surface area (Å²) < 4.78 is 0. The number of anilines is 1. The molecule has 0 saturated carbocycles. The monoisotopic (exact) mass is 266 g/mol. The van der Waals surface area contributed by atoms with Crippen molar-refractivity contribution in [1.29, 1.82) is 0 Å². The van der Waals surface area contributed by atoms with E-state index in [1.54, 1.807) is 0 Å². The molecule has 0 unspecified atom stereocenters. The molecule has 98 valence electrons. The lowest BCUT2D eigenvalue weighted by molar-refractivity contribution is -0.130. The van der Waals surface area contributed by atoms with Crippen LogP contribution in [0.1, 0.15) is 24.8 Å². The average molecular weight is 267 g/mol. The first kappa shape index (κ1) is 13.2. The van der Waals surface area contributed by atoms with Gasteiger partial charge in [-0.3, -0.25) is 4.79 Å². The van der Waals surface area contributed by atoms with Gasteiger partial charge in [0.2, 0.25) is 5.91 Å². The summed E-state index contributed by atoms with van der Waals surface area (Å²) in [5.41, 5.74) is 1.94. The predicted molar refractivity (Wildman–Crippen MR) is 75.1 cm³/mol. The maximum Gasteiger partial charge on any atom is 0.241 e. The number of likely N-dealkylation sites (tertiary alicyclic amines) is 1. The summed E-state index contributed by atoms with van der Waals surface area (Å²) in [7, 11) is 0. The van der Waals surface area contributed by atoms with E-state index in [1.165, 1.54) is 6.42 Å². The van der Waals surface area contributed by atoms with Crippen LogP contribution in [0.25, 0.3) is 0 Å². The van der Waals surface area contributed by atoms with Crippen LogP contribution in [-0.4, -0.2) is 30.4 Å². The van der Waals surface area contributed by atoms with Gasteiger partial charge in [-0.15, -0.1) is 0 Å². The van der Waals surface area contributed by atoms with Crippen molar-refractivity contribution in [3.8, 4) is 0 Å². The molecule has 1 N–H and O–H groups in total. The number of hydrogen-bond donors (Lipinski definition) is 1. The topological polar surface area (TPSA) is 32.3 Å². The molecule has 2 rings (SSSR count). The highest BCUT2D eigenvalue weighted by Gasteiger charge is 2.15. The SMILES string of the molecule is Cc1ccc(NCC(=O)N2CCCCC2)cc1Cl.